The number of rotatable bonds is 5. The van der Waals surface area contributed by atoms with Gasteiger partial charge in [-0.25, -0.2) is 0 Å². The Morgan fingerprint density at radius 1 is 1.18 bits per heavy atom. The van der Waals surface area contributed by atoms with E-state index in [1.165, 1.54) is 11.3 Å². The van der Waals surface area contributed by atoms with Gasteiger partial charge in [0.2, 0.25) is 5.91 Å². The van der Waals surface area contributed by atoms with Gasteiger partial charge in [0.05, 0.1) is 14.6 Å². The van der Waals surface area contributed by atoms with E-state index in [4.69, 9.17) is 11.6 Å². The number of anilines is 1. The summed E-state index contributed by atoms with van der Waals surface area (Å²) >= 11 is 10.4. The third kappa shape index (κ3) is 4.41. The maximum atomic E-state index is 12.4. The molecule has 0 atom stereocenters. The SMILES string of the molecule is CC(C)(CC(=O)c1ccc(Cl)s1)C(=O)Nc1ccc(Br)cc1. The van der Waals surface area contributed by atoms with Gasteiger partial charge in [0.25, 0.3) is 0 Å². The van der Waals surface area contributed by atoms with E-state index >= 15 is 0 Å². The Labute approximate surface area is 146 Å². The summed E-state index contributed by atoms with van der Waals surface area (Å²) in [5, 5.41) is 2.84. The van der Waals surface area contributed by atoms with Gasteiger partial charge in [0.1, 0.15) is 0 Å². The van der Waals surface area contributed by atoms with Crippen LogP contribution in [0.5, 0.6) is 0 Å². The Morgan fingerprint density at radius 2 is 1.82 bits per heavy atom. The van der Waals surface area contributed by atoms with Gasteiger partial charge in [-0.3, -0.25) is 9.59 Å². The minimum absolute atomic E-state index is 0.0761. The first-order valence-corrected chi connectivity index (χ1v) is 8.62. The first-order chi connectivity index (χ1) is 10.3. The minimum Gasteiger partial charge on any atom is -0.326 e. The third-order valence-corrected chi connectivity index (χ3v) is 4.97. The Balaban J connectivity index is 2.03. The van der Waals surface area contributed by atoms with Crippen molar-refractivity contribution in [3.8, 4) is 0 Å². The lowest BCUT2D eigenvalue weighted by atomic mass is 9.86. The molecule has 1 N–H and O–H groups in total. The van der Waals surface area contributed by atoms with E-state index < -0.39 is 5.41 Å². The van der Waals surface area contributed by atoms with Crippen molar-refractivity contribution in [1.82, 2.24) is 0 Å². The van der Waals surface area contributed by atoms with Gasteiger partial charge in [-0.2, -0.15) is 0 Å². The molecule has 1 aromatic carbocycles. The van der Waals surface area contributed by atoms with Crippen molar-refractivity contribution in [1.29, 1.82) is 0 Å². The van der Waals surface area contributed by atoms with Crippen molar-refractivity contribution in [2.75, 3.05) is 5.32 Å². The fourth-order valence-corrected chi connectivity index (χ4v) is 3.11. The van der Waals surface area contributed by atoms with Crippen molar-refractivity contribution < 1.29 is 9.59 Å². The molecule has 0 radical (unpaired) electrons. The van der Waals surface area contributed by atoms with Crippen LogP contribution in [0.4, 0.5) is 5.69 Å². The second-order valence-electron chi connectivity index (χ2n) is 5.55. The number of hydrogen-bond donors (Lipinski definition) is 1. The Bertz CT molecular complexity index is 694. The van der Waals surface area contributed by atoms with Crippen LogP contribution in [0.3, 0.4) is 0 Å². The van der Waals surface area contributed by atoms with E-state index in [-0.39, 0.29) is 18.1 Å². The van der Waals surface area contributed by atoms with Gasteiger partial charge in [-0.1, -0.05) is 41.4 Å². The number of thiophene rings is 1. The van der Waals surface area contributed by atoms with Crippen LogP contribution in [-0.4, -0.2) is 11.7 Å². The highest BCUT2D eigenvalue weighted by Gasteiger charge is 2.31. The molecule has 0 spiro atoms. The molecular weight excluding hydrogens is 386 g/mol. The predicted octanol–water partition coefficient (Wildman–Crippen LogP) is 5.40. The first-order valence-electron chi connectivity index (χ1n) is 6.63. The molecule has 2 rings (SSSR count). The molecule has 0 saturated heterocycles. The third-order valence-electron chi connectivity index (χ3n) is 3.17. The van der Waals surface area contributed by atoms with Crippen LogP contribution in [0.25, 0.3) is 0 Å². The van der Waals surface area contributed by atoms with Crippen molar-refractivity contribution in [3.63, 3.8) is 0 Å². The average Bonchev–Trinajstić information content (AvgIpc) is 2.87. The standard InChI is InChI=1S/C16H15BrClNO2S/c1-16(2,9-12(20)13-7-8-14(18)22-13)15(21)19-11-5-3-10(17)4-6-11/h3-8H,9H2,1-2H3,(H,19,21). The van der Waals surface area contributed by atoms with Crippen molar-refractivity contribution in [3.05, 3.63) is 50.1 Å². The number of hydrogen-bond acceptors (Lipinski definition) is 3. The molecule has 0 unspecified atom stereocenters. The second-order valence-corrected chi connectivity index (χ2v) is 8.18. The molecule has 0 aliphatic rings. The van der Waals surface area contributed by atoms with Crippen LogP contribution in [0.1, 0.15) is 29.9 Å². The highest BCUT2D eigenvalue weighted by molar-refractivity contribution is 9.10. The quantitative estimate of drug-likeness (QED) is 0.683. The van der Waals surface area contributed by atoms with Crippen LogP contribution in [0, 0.1) is 5.41 Å². The summed E-state index contributed by atoms with van der Waals surface area (Å²) in [6.07, 6.45) is 0.131. The summed E-state index contributed by atoms with van der Waals surface area (Å²) in [5.74, 6) is -0.265. The van der Waals surface area contributed by atoms with Crippen molar-refractivity contribution in [2.24, 2.45) is 5.41 Å². The van der Waals surface area contributed by atoms with E-state index in [0.29, 0.717) is 14.9 Å². The van der Waals surface area contributed by atoms with Crippen LogP contribution >= 0.6 is 38.9 Å². The zero-order chi connectivity index (χ0) is 16.3. The van der Waals surface area contributed by atoms with Crippen LogP contribution in [-0.2, 0) is 4.79 Å². The molecule has 0 saturated carbocycles. The normalized spacial score (nSPS) is 11.3. The number of Topliss-reactive ketones (excluding diaryl/α,β-unsaturated/α-hetero) is 1. The van der Waals surface area contributed by atoms with Gasteiger partial charge in [0, 0.05) is 16.6 Å². The molecule has 3 nitrogen and oxygen atoms in total. The van der Waals surface area contributed by atoms with Gasteiger partial charge in [-0.05, 0) is 36.4 Å². The lowest BCUT2D eigenvalue weighted by Crippen LogP contribution is -2.32. The van der Waals surface area contributed by atoms with E-state index in [1.54, 1.807) is 38.1 Å². The summed E-state index contributed by atoms with van der Waals surface area (Å²) in [6.45, 7) is 3.52. The van der Waals surface area contributed by atoms with Gasteiger partial charge < -0.3 is 5.32 Å². The number of nitrogens with one attached hydrogen (secondary N) is 1. The molecule has 1 heterocycles. The summed E-state index contributed by atoms with van der Waals surface area (Å²) < 4.78 is 1.51. The Hall–Kier alpha value is -1.17. The van der Waals surface area contributed by atoms with E-state index in [1.807, 2.05) is 12.1 Å². The fraction of sp³-hybridized carbons (Fsp3) is 0.250. The van der Waals surface area contributed by atoms with E-state index in [0.717, 1.165) is 4.47 Å². The van der Waals surface area contributed by atoms with E-state index in [2.05, 4.69) is 21.2 Å². The fourth-order valence-electron chi connectivity index (χ4n) is 1.87. The summed E-state index contributed by atoms with van der Waals surface area (Å²) in [4.78, 5) is 25.2. The lowest BCUT2D eigenvalue weighted by molar-refractivity contribution is -0.123. The first kappa shape index (κ1) is 17.2. The second kappa shape index (κ2) is 6.94. The van der Waals surface area contributed by atoms with Gasteiger partial charge >= 0.3 is 0 Å². The number of amides is 1. The van der Waals surface area contributed by atoms with Gasteiger partial charge in [-0.15, -0.1) is 11.3 Å². The Kier molecular flexibility index (Phi) is 5.42. The smallest absolute Gasteiger partial charge is 0.230 e. The summed E-state index contributed by atoms with van der Waals surface area (Å²) in [6, 6.07) is 10.7. The van der Waals surface area contributed by atoms with Crippen LogP contribution < -0.4 is 5.32 Å². The molecule has 0 fully saturated rings. The number of carbonyl (C=O) groups is 2. The molecule has 2 aromatic rings. The largest absolute Gasteiger partial charge is 0.326 e. The molecule has 0 aliphatic carbocycles. The molecule has 1 amide bonds. The topological polar surface area (TPSA) is 46.2 Å². The lowest BCUT2D eigenvalue weighted by Gasteiger charge is -2.22. The number of halogens is 2. The maximum Gasteiger partial charge on any atom is 0.230 e. The zero-order valence-corrected chi connectivity index (χ0v) is 15.3. The van der Waals surface area contributed by atoms with Crippen LogP contribution in [0.15, 0.2) is 40.9 Å². The monoisotopic (exact) mass is 399 g/mol. The molecule has 0 bridgehead atoms. The zero-order valence-electron chi connectivity index (χ0n) is 12.2. The Morgan fingerprint density at radius 3 is 2.36 bits per heavy atom. The molecule has 6 heteroatoms. The average molecular weight is 401 g/mol. The molecule has 0 aliphatic heterocycles. The molecule has 116 valence electrons. The number of carbonyl (C=O) groups excluding carboxylic acids is 2. The predicted molar refractivity (Wildman–Crippen MR) is 94.8 cm³/mol. The summed E-state index contributed by atoms with van der Waals surface area (Å²) in [7, 11) is 0. The van der Waals surface area contributed by atoms with Crippen LogP contribution in [0.2, 0.25) is 4.34 Å². The summed E-state index contributed by atoms with van der Waals surface area (Å²) in [5.41, 5.74) is -0.103. The minimum atomic E-state index is -0.805. The molecular formula is C16H15BrClNO2S. The highest BCUT2D eigenvalue weighted by Crippen LogP contribution is 2.29. The molecule has 22 heavy (non-hydrogen) atoms. The number of benzene rings is 1. The van der Waals surface area contributed by atoms with Crippen molar-refractivity contribution in [2.45, 2.75) is 20.3 Å². The highest BCUT2D eigenvalue weighted by atomic mass is 79.9. The maximum absolute atomic E-state index is 12.4. The van der Waals surface area contributed by atoms with Crippen molar-refractivity contribution >= 4 is 56.2 Å². The number of ketones is 1. The molecule has 1 aromatic heterocycles. The van der Waals surface area contributed by atoms with E-state index in [9.17, 15) is 9.59 Å². The van der Waals surface area contributed by atoms with Gasteiger partial charge in [0.15, 0.2) is 5.78 Å².